The van der Waals surface area contributed by atoms with E-state index in [0.717, 1.165) is 11.8 Å². The fourth-order valence-electron chi connectivity index (χ4n) is 2.35. The summed E-state index contributed by atoms with van der Waals surface area (Å²) in [6.45, 7) is 0. The molecule has 136 valence electrons. The number of nitrogens with one attached hydrogen (secondary N) is 1. The van der Waals surface area contributed by atoms with E-state index in [9.17, 15) is 16.8 Å². The van der Waals surface area contributed by atoms with Crippen molar-refractivity contribution in [2.24, 2.45) is 0 Å². The summed E-state index contributed by atoms with van der Waals surface area (Å²) in [5.74, 6) is 0.0434. The normalized spacial score (nSPS) is 11.9. The monoisotopic (exact) mass is 382 g/mol. The first-order chi connectivity index (χ1) is 11.7. The Labute approximate surface area is 149 Å². The van der Waals surface area contributed by atoms with Gasteiger partial charge in [0.05, 0.1) is 17.7 Å². The van der Waals surface area contributed by atoms with Gasteiger partial charge in [-0.3, -0.25) is 9.03 Å². The second kappa shape index (κ2) is 7.88. The Bertz CT molecular complexity index is 893. The van der Waals surface area contributed by atoms with Gasteiger partial charge < -0.3 is 0 Å². The molecule has 25 heavy (non-hydrogen) atoms. The quantitative estimate of drug-likeness (QED) is 0.760. The van der Waals surface area contributed by atoms with Gasteiger partial charge in [-0.25, -0.2) is 16.8 Å². The molecule has 0 radical (unpaired) electrons. The highest BCUT2D eigenvalue weighted by atomic mass is 32.2. The van der Waals surface area contributed by atoms with E-state index in [-0.39, 0.29) is 5.75 Å². The van der Waals surface area contributed by atoms with Crippen LogP contribution in [0.5, 0.6) is 0 Å². The maximum absolute atomic E-state index is 12.4. The van der Waals surface area contributed by atoms with Crippen molar-refractivity contribution in [3.8, 4) is 0 Å². The van der Waals surface area contributed by atoms with Gasteiger partial charge in [-0.15, -0.1) is 0 Å². The Morgan fingerprint density at radius 3 is 2.08 bits per heavy atom. The summed E-state index contributed by atoms with van der Waals surface area (Å²) in [6, 6.07) is 16.0. The van der Waals surface area contributed by atoms with Gasteiger partial charge in [-0.2, -0.15) is 0 Å². The first-order valence-electron chi connectivity index (χ1n) is 7.76. The fourth-order valence-corrected chi connectivity index (χ4v) is 4.14. The summed E-state index contributed by atoms with van der Waals surface area (Å²) < 4.78 is 50.9. The molecule has 0 aliphatic carbocycles. The third kappa shape index (κ3) is 6.06. The van der Waals surface area contributed by atoms with Crippen LogP contribution in [-0.4, -0.2) is 35.9 Å². The smallest absolute Gasteiger partial charge is 0.234 e. The molecule has 0 fully saturated rings. The van der Waals surface area contributed by atoms with Crippen LogP contribution in [0.4, 0.5) is 11.4 Å². The zero-order chi connectivity index (χ0) is 18.5. The van der Waals surface area contributed by atoms with Crippen molar-refractivity contribution < 1.29 is 16.8 Å². The van der Waals surface area contributed by atoms with Crippen molar-refractivity contribution in [1.29, 1.82) is 0 Å². The summed E-state index contributed by atoms with van der Waals surface area (Å²) in [6.07, 6.45) is 2.29. The largest absolute Gasteiger partial charge is 0.284 e. The lowest BCUT2D eigenvalue weighted by Crippen LogP contribution is -2.29. The lowest BCUT2D eigenvalue weighted by molar-refractivity contribution is 0.591. The molecule has 1 N–H and O–H groups in total. The highest BCUT2D eigenvalue weighted by Gasteiger charge is 2.18. The Morgan fingerprint density at radius 2 is 1.52 bits per heavy atom. The van der Waals surface area contributed by atoms with Crippen LogP contribution in [0.2, 0.25) is 0 Å². The highest BCUT2D eigenvalue weighted by Crippen LogP contribution is 2.20. The Balaban J connectivity index is 1.99. The van der Waals surface area contributed by atoms with Gasteiger partial charge in [0.25, 0.3) is 0 Å². The zero-order valence-electron chi connectivity index (χ0n) is 14.2. The van der Waals surface area contributed by atoms with Crippen molar-refractivity contribution in [1.82, 2.24) is 0 Å². The molecule has 0 saturated carbocycles. The van der Waals surface area contributed by atoms with Gasteiger partial charge in [0, 0.05) is 12.7 Å². The summed E-state index contributed by atoms with van der Waals surface area (Å²) in [5, 5.41) is 0. The molecule has 0 aliphatic heterocycles. The van der Waals surface area contributed by atoms with Crippen molar-refractivity contribution in [2.75, 3.05) is 28.1 Å². The van der Waals surface area contributed by atoms with Crippen LogP contribution in [0.1, 0.15) is 12.0 Å². The number of nitrogens with zero attached hydrogens (tertiary/aromatic N) is 1. The molecule has 2 aromatic rings. The minimum atomic E-state index is -3.44. The lowest BCUT2D eigenvalue weighted by Gasteiger charge is -2.20. The van der Waals surface area contributed by atoms with E-state index in [1.54, 1.807) is 12.1 Å². The van der Waals surface area contributed by atoms with Gasteiger partial charge in [-0.05, 0) is 42.7 Å². The van der Waals surface area contributed by atoms with E-state index in [0.29, 0.717) is 24.2 Å². The molecule has 0 saturated heterocycles. The van der Waals surface area contributed by atoms with Gasteiger partial charge in [0.1, 0.15) is 0 Å². The minimum absolute atomic E-state index is 0.0434. The topological polar surface area (TPSA) is 83.6 Å². The molecular formula is C17H22N2O4S2. The molecular weight excluding hydrogens is 360 g/mol. The summed E-state index contributed by atoms with van der Waals surface area (Å²) in [5.41, 5.74) is 1.98. The minimum Gasteiger partial charge on any atom is -0.284 e. The second-order valence-electron chi connectivity index (χ2n) is 5.79. The van der Waals surface area contributed by atoms with E-state index in [4.69, 9.17) is 0 Å². The molecule has 2 aromatic carbocycles. The number of hydrogen-bond donors (Lipinski definition) is 1. The molecule has 0 atom stereocenters. The predicted octanol–water partition coefficient (Wildman–Crippen LogP) is 2.46. The molecule has 0 spiro atoms. The summed E-state index contributed by atoms with van der Waals surface area (Å²) in [7, 11) is -5.30. The second-order valence-corrected chi connectivity index (χ2v) is 9.66. The van der Waals surface area contributed by atoms with Crippen LogP contribution in [0, 0.1) is 0 Å². The average molecular weight is 383 g/mol. The predicted molar refractivity (Wildman–Crippen MR) is 102 cm³/mol. The number of hydrogen-bond acceptors (Lipinski definition) is 4. The third-order valence-electron chi connectivity index (χ3n) is 3.66. The fraction of sp³-hybridized carbons (Fsp3) is 0.294. The number of aryl methyl sites for hydroxylation is 1. The van der Waals surface area contributed by atoms with Crippen LogP contribution in [-0.2, 0) is 26.5 Å². The maximum atomic E-state index is 12.4. The number of benzene rings is 2. The zero-order valence-corrected chi connectivity index (χ0v) is 15.8. The van der Waals surface area contributed by atoms with Gasteiger partial charge in [0.2, 0.25) is 20.0 Å². The molecule has 0 amide bonds. The molecule has 0 bridgehead atoms. The van der Waals surface area contributed by atoms with E-state index >= 15 is 0 Å². The molecule has 0 unspecified atom stereocenters. The van der Waals surface area contributed by atoms with Crippen molar-refractivity contribution in [3.63, 3.8) is 0 Å². The Hall–Kier alpha value is -2.06. The SMILES string of the molecule is CN(c1ccc(NS(C)(=O)=O)cc1)S(=O)(=O)CCCc1ccccc1. The van der Waals surface area contributed by atoms with Crippen molar-refractivity contribution >= 4 is 31.4 Å². The standard InChI is InChI=1S/C17H22N2O4S2/c1-19(17-12-10-16(11-13-17)18-24(2,20)21)25(22,23)14-6-9-15-7-4-3-5-8-15/h3-5,7-8,10-13,18H,6,9,14H2,1-2H3. The number of sulfonamides is 2. The number of anilines is 2. The number of rotatable bonds is 8. The lowest BCUT2D eigenvalue weighted by atomic mass is 10.1. The summed E-state index contributed by atoms with van der Waals surface area (Å²) in [4.78, 5) is 0. The van der Waals surface area contributed by atoms with Crippen LogP contribution in [0.25, 0.3) is 0 Å². The average Bonchev–Trinajstić information content (AvgIpc) is 2.54. The first-order valence-corrected chi connectivity index (χ1v) is 11.3. The Kier molecular flexibility index (Phi) is 6.07. The Morgan fingerprint density at radius 1 is 0.920 bits per heavy atom. The van der Waals surface area contributed by atoms with Crippen LogP contribution in [0.15, 0.2) is 54.6 Å². The highest BCUT2D eigenvalue weighted by molar-refractivity contribution is 7.92. The van der Waals surface area contributed by atoms with E-state index in [1.165, 1.54) is 23.5 Å². The third-order valence-corrected chi connectivity index (χ3v) is 6.12. The van der Waals surface area contributed by atoms with Gasteiger partial charge >= 0.3 is 0 Å². The van der Waals surface area contributed by atoms with Crippen molar-refractivity contribution in [3.05, 3.63) is 60.2 Å². The van der Waals surface area contributed by atoms with Crippen LogP contribution < -0.4 is 9.03 Å². The molecule has 0 heterocycles. The van der Waals surface area contributed by atoms with Crippen molar-refractivity contribution in [2.45, 2.75) is 12.8 Å². The summed E-state index contributed by atoms with van der Waals surface area (Å²) >= 11 is 0. The van der Waals surface area contributed by atoms with E-state index in [1.807, 2.05) is 30.3 Å². The first kappa shape index (κ1) is 19.3. The molecule has 0 aromatic heterocycles. The van der Waals surface area contributed by atoms with Gasteiger partial charge in [0.15, 0.2) is 0 Å². The van der Waals surface area contributed by atoms with Crippen LogP contribution >= 0.6 is 0 Å². The van der Waals surface area contributed by atoms with Gasteiger partial charge in [-0.1, -0.05) is 30.3 Å². The van der Waals surface area contributed by atoms with Crippen LogP contribution in [0.3, 0.4) is 0 Å². The molecule has 8 heteroatoms. The molecule has 0 aliphatic rings. The maximum Gasteiger partial charge on any atom is 0.234 e. The molecule has 6 nitrogen and oxygen atoms in total. The van der Waals surface area contributed by atoms with E-state index in [2.05, 4.69) is 4.72 Å². The van der Waals surface area contributed by atoms with E-state index < -0.39 is 20.0 Å². The molecule has 2 rings (SSSR count).